The standard InChI is InChI=1S/C12H23N3O2/c1-11(16)14-7-4-8-15(10-9-14)12(17)5-3-6-13-2/h13H,3-10H2,1-2H3. The molecule has 0 bridgehead atoms. The molecule has 0 atom stereocenters. The predicted octanol–water partition coefficient (Wildman–Crippen LogP) is 0.0668. The SMILES string of the molecule is CNCCCC(=O)N1CCCN(C(C)=O)CC1. The van der Waals surface area contributed by atoms with Gasteiger partial charge >= 0.3 is 0 Å². The Balaban J connectivity index is 2.34. The van der Waals surface area contributed by atoms with Gasteiger partial charge in [-0.25, -0.2) is 0 Å². The molecule has 1 N–H and O–H groups in total. The highest BCUT2D eigenvalue weighted by atomic mass is 16.2. The minimum atomic E-state index is 0.106. The second-order valence-electron chi connectivity index (χ2n) is 4.45. The van der Waals surface area contributed by atoms with E-state index in [9.17, 15) is 9.59 Å². The number of nitrogens with one attached hydrogen (secondary N) is 1. The largest absolute Gasteiger partial charge is 0.341 e. The van der Waals surface area contributed by atoms with Crippen LogP contribution in [0.4, 0.5) is 0 Å². The molecule has 0 aromatic heterocycles. The maximum absolute atomic E-state index is 11.9. The molecule has 1 aliphatic rings. The minimum absolute atomic E-state index is 0.106. The van der Waals surface area contributed by atoms with Gasteiger partial charge in [-0.3, -0.25) is 9.59 Å². The summed E-state index contributed by atoms with van der Waals surface area (Å²) in [4.78, 5) is 26.9. The first kappa shape index (κ1) is 14.0. The number of hydrogen-bond donors (Lipinski definition) is 1. The van der Waals surface area contributed by atoms with Crippen molar-refractivity contribution in [1.82, 2.24) is 15.1 Å². The van der Waals surface area contributed by atoms with E-state index in [0.29, 0.717) is 19.5 Å². The lowest BCUT2D eigenvalue weighted by molar-refractivity contribution is -0.132. The Morgan fingerprint density at radius 2 is 1.76 bits per heavy atom. The number of carbonyl (C=O) groups excluding carboxylic acids is 2. The zero-order valence-electron chi connectivity index (χ0n) is 10.9. The van der Waals surface area contributed by atoms with Gasteiger partial charge in [0.05, 0.1) is 0 Å². The molecule has 17 heavy (non-hydrogen) atoms. The first-order valence-corrected chi connectivity index (χ1v) is 6.33. The van der Waals surface area contributed by atoms with Gasteiger partial charge in [-0.1, -0.05) is 0 Å². The van der Waals surface area contributed by atoms with Crippen LogP contribution in [0.2, 0.25) is 0 Å². The molecule has 1 rings (SSSR count). The van der Waals surface area contributed by atoms with Gasteiger partial charge in [-0.15, -0.1) is 0 Å². The lowest BCUT2D eigenvalue weighted by atomic mass is 10.2. The first-order valence-electron chi connectivity index (χ1n) is 6.33. The molecule has 2 amide bonds. The van der Waals surface area contributed by atoms with Crippen molar-refractivity contribution in [2.24, 2.45) is 0 Å². The summed E-state index contributed by atoms with van der Waals surface area (Å²) >= 11 is 0. The average molecular weight is 241 g/mol. The Kier molecular flexibility index (Phi) is 5.97. The number of carbonyl (C=O) groups is 2. The van der Waals surface area contributed by atoms with Crippen molar-refractivity contribution in [2.45, 2.75) is 26.2 Å². The molecule has 0 spiro atoms. The molecule has 0 aliphatic carbocycles. The van der Waals surface area contributed by atoms with Crippen LogP contribution in [0, 0.1) is 0 Å². The molecule has 0 aromatic rings. The average Bonchev–Trinajstić information content (AvgIpc) is 2.54. The molecule has 5 nitrogen and oxygen atoms in total. The molecule has 98 valence electrons. The zero-order chi connectivity index (χ0) is 12.7. The van der Waals surface area contributed by atoms with E-state index < -0.39 is 0 Å². The second-order valence-corrected chi connectivity index (χ2v) is 4.45. The van der Waals surface area contributed by atoms with Crippen molar-refractivity contribution in [3.05, 3.63) is 0 Å². The third kappa shape index (κ3) is 4.73. The van der Waals surface area contributed by atoms with Crippen LogP contribution in [0.5, 0.6) is 0 Å². The van der Waals surface area contributed by atoms with E-state index >= 15 is 0 Å². The number of amides is 2. The second kappa shape index (κ2) is 7.27. The Labute approximate surface area is 103 Å². The van der Waals surface area contributed by atoms with Gasteiger partial charge in [0.15, 0.2) is 0 Å². The molecule has 0 saturated carbocycles. The smallest absolute Gasteiger partial charge is 0.222 e. The summed E-state index contributed by atoms with van der Waals surface area (Å²) in [7, 11) is 1.89. The van der Waals surface area contributed by atoms with Crippen molar-refractivity contribution < 1.29 is 9.59 Å². The van der Waals surface area contributed by atoms with Crippen LogP contribution in [0.15, 0.2) is 0 Å². The Morgan fingerprint density at radius 1 is 1.12 bits per heavy atom. The van der Waals surface area contributed by atoms with E-state index in [4.69, 9.17) is 0 Å². The van der Waals surface area contributed by atoms with Gasteiger partial charge in [-0.05, 0) is 26.4 Å². The van der Waals surface area contributed by atoms with Crippen LogP contribution in [0.1, 0.15) is 26.2 Å². The number of nitrogens with zero attached hydrogens (tertiary/aromatic N) is 2. The third-order valence-electron chi connectivity index (χ3n) is 3.11. The number of hydrogen-bond acceptors (Lipinski definition) is 3. The van der Waals surface area contributed by atoms with E-state index in [1.165, 1.54) is 0 Å². The van der Waals surface area contributed by atoms with Crippen molar-refractivity contribution >= 4 is 11.8 Å². The van der Waals surface area contributed by atoms with Crippen molar-refractivity contribution in [2.75, 3.05) is 39.8 Å². The Morgan fingerprint density at radius 3 is 2.41 bits per heavy atom. The third-order valence-corrected chi connectivity index (χ3v) is 3.11. The highest BCUT2D eigenvalue weighted by Crippen LogP contribution is 2.06. The summed E-state index contributed by atoms with van der Waals surface area (Å²) < 4.78 is 0. The van der Waals surface area contributed by atoms with Crippen LogP contribution >= 0.6 is 0 Å². The van der Waals surface area contributed by atoms with E-state index in [2.05, 4.69) is 5.32 Å². The van der Waals surface area contributed by atoms with E-state index in [1.54, 1.807) is 6.92 Å². The summed E-state index contributed by atoms with van der Waals surface area (Å²) in [5, 5.41) is 3.04. The summed E-state index contributed by atoms with van der Waals surface area (Å²) in [6.45, 7) is 5.37. The van der Waals surface area contributed by atoms with Crippen LogP contribution in [0.3, 0.4) is 0 Å². The quantitative estimate of drug-likeness (QED) is 0.709. The molecule has 5 heteroatoms. The van der Waals surface area contributed by atoms with E-state index in [1.807, 2.05) is 16.8 Å². The topological polar surface area (TPSA) is 52.7 Å². The minimum Gasteiger partial charge on any atom is -0.341 e. The monoisotopic (exact) mass is 241 g/mol. The summed E-state index contributed by atoms with van der Waals surface area (Å²) in [6.07, 6.45) is 2.36. The molecule has 1 saturated heterocycles. The lowest BCUT2D eigenvalue weighted by Gasteiger charge is -2.21. The highest BCUT2D eigenvalue weighted by Gasteiger charge is 2.19. The Hall–Kier alpha value is -1.10. The van der Waals surface area contributed by atoms with Gasteiger partial charge in [0.25, 0.3) is 0 Å². The summed E-state index contributed by atoms with van der Waals surface area (Å²) in [5.41, 5.74) is 0. The van der Waals surface area contributed by atoms with Gasteiger partial charge < -0.3 is 15.1 Å². The van der Waals surface area contributed by atoms with Gasteiger partial charge in [0.1, 0.15) is 0 Å². The maximum atomic E-state index is 11.9. The van der Waals surface area contributed by atoms with Crippen LogP contribution in [0.25, 0.3) is 0 Å². The Bertz CT molecular complexity index is 268. The fraction of sp³-hybridized carbons (Fsp3) is 0.833. The molecule has 1 fully saturated rings. The molecule has 0 aromatic carbocycles. The van der Waals surface area contributed by atoms with Crippen LogP contribution in [-0.2, 0) is 9.59 Å². The van der Waals surface area contributed by atoms with Crippen molar-refractivity contribution in [1.29, 1.82) is 0 Å². The zero-order valence-corrected chi connectivity index (χ0v) is 10.9. The fourth-order valence-electron chi connectivity index (χ4n) is 2.06. The lowest BCUT2D eigenvalue weighted by Crippen LogP contribution is -2.36. The van der Waals surface area contributed by atoms with Crippen LogP contribution < -0.4 is 5.32 Å². The first-order chi connectivity index (χ1) is 8.15. The van der Waals surface area contributed by atoms with Crippen LogP contribution in [-0.4, -0.2) is 61.4 Å². The predicted molar refractivity (Wildman–Crippen MR) is 66.6 cm³/mol. The molecule has 1 heterocycles. The molecule has 0 radical (unpaired) electrons. The number of rotatable bonds is 4. The maximum Gasteiger partial charge on any atom is 0.222 e. The summed E-state index contributed by atoms with van der Waals surface area (Å²) in [6, 6.07) is 0. The normalized spacial score (nSPS) is 16.8. The fourth-order valence-corrected chi connectivity index (χ4v) is 2.06. The molecule has 1 aliphatic heterocycles. The molecular weight excluding hydrogens is 218 g/mol. The van der Waals surface area contributed by atoms with Crippen molar-refractivity contribution in [3.8, 4) is 0 Å². The summed E-state index contributed by atoms with van der Waals surface area (Å²) in [5.74, 6) is 0.320. The van der Waals surface area contributed by atoms with Gasteiger partial charge in [0.2, 0.25) is 11.8 Å². The molecular formula is C12H23N3O2. The molecule has 0 unspecified atom stereocenters. The van der Waals surface area contributed by atoms with Gasteiger partial charge in [-0.2, -0.15) is 0 Å². The van der Waals surface area contributed by atoms with Gasteiger partial charge in [0, 0.05) is 39.5 Å². The van der Waals surface area contributed by atoms with E-state index in [-0.39, 0.29) is 11.8 Å². The van der Waals surface area contributed by atoms with Crippen molar-refractivity contribution in [3.63, 3.8) is 0 Å². The highest BCUT2D eigenvalue weighted by molar-refractivity contribution is 5.76. The van der Waals surface area contributed by atoms with E-state index in [0.717, 1.165) is 32.5 Å².